The van der Waals surface area contributed by atoms with Gasteiger partial charge in [-0.15, -0.1) is 0 Å². The van der Waals surface area contributed by atoms with Crippen LogP contribution in [0, 0.1) is 0 Å². The Morgan fingerprint density at radius 3 is 1.77 bits per heavy atom. The van der Waals surface area contributed by atoms with Crippen LogP contribution in [-0.4, -0.2) is 11.6 Å². The number of unbranched alkanes of at least 4 members (excludes halogenated alkanes) is 1. The van der Waals surface area contributed by atoms with E-state index in [2.05, 4.69) is 20.4 Å². The fourth-order valence-corrected chi connectivity index (χ4v) is 0.343. The minimum absolute atomic E-state index is 0.373. The highest BCUT2D eigenvalue weighted by atomic mass is 16.6. The van der Waals surface area contributed by atoms with E-state index >= 15 is 0 Å². The molecule has 0 aromatic carbocycles. The Hall–Kier alpha value is -0.790. The quantitative estimate of drug-likeness (QED) is 0.488. The summed E-state index contributed by atoms with van der Waals surface area (Å²) >= 11 is 0. The van der Waals surface area contributed by atoms with Crippen LogP contribution in [0.2, 0.25) is 0 Å². The summed E-state index contributed by atoms with van der Waals surface area (Å²) in [5.74, 6) is -0.373. The van der Waals surface area contributed by atoms with E-state index in [1.807, 2.05) is 20.8 Å². The number of rotatable bonds is 2. The lowest BCUT2D eigenvalue weighted by molar-refractivity contribution is -0.148. The van der Waals surface area contributed by atoms with Crippen molar-refractivity contribution < 1.29 is 9.53 Å². The second kappa shape index (κ2) is 7.84. The number of hydrogen-bond acceptors (Lipinski definition) is 2. The molecule has 0 unspecified atom stereocenters. The van der Waals surface area contributed by atoms with E-state index in [-0.39, 0.29) is 5.97 Å². The number of carbonyl (C=O) groups excluding carboxylic acids is 1. The van der Waals surface area contributed by atoms with Crippen LogP contribution in [0.3, 0.4) is 0 Å². The summed E-state index contributed by atoms with van der Waals surface area (Å²) in [5.41, 5.74) is -0.398. The van der Waals surface area contributed by atoms with Gasteiger partial charge in [-0.25, -0.2) is 4.79 Å². The average Bonchev–Trinajstić information content (AvgIpc) is 2.02. The molecule has 0 aliphatic carbocycles. The van der Waals surface area contributed by atoms with Gasteiger partial charge in [0.15, 0.2) is 0 Å². The zero-order valence-electron chi connectivity index (χ0n) is 9.52. The Kier molecular flexibility index (Phi) is 8.87. The predicted octanol–water partition coefficient (Wildman–Crippen LogP) is 3.32. The van der Waals surface area contributed by atoms with Crippen LogP contribution < -0.4 is 0 Å². The highest BCUT2D eigenvalue weighted by Crippen LogP contribution is 2.06. The summed E-state index contributed by atoms with van der Waals surface area (Å²) in [4.78, 5) is 10.5. The minimum Gasteiger partial charge on any atom is -0.457 e. The first-order chi connectivity index (χ1) is 5.87. The van der Waals surface area contributed by atoms with Gasteiger partial charge in [-0.05, 0) is 20.8 Å². The predicted molar refractivity (Wildman–Crippen MR) is 56.6 cm³/mol. The highest BCUT2D eigenvalue weighted by molar-refractivity contribution is 5.81. The van der Waals surface area contributed by atoms with E-state index < -0.39 is 5.60 Å². The zero-order chi connectivity index (χ0) is 10.9. The van der Waals surface area contributed by atoms with Crippen molar-refractivity contribution >= 4 is 5.97 Å². The Bertz CT molecular complexity index is 141. The second-order valence-electron chi connectivity index (χ2n) is 3.74. The molecule has 2 heteroatoms. The molecule has 0 aliphatic rings. The Labute approximate surface area is 82.0 Å². The number of carbonyl (C=O) groups is 1. The van der Waals surface area contributed by atoms with Crippen LogP contribution in [0.15, 0.2) is 12.7 Å². The van der Waals surface area contributed by atoms with Gasteiger partial charge in [0, 0.05) is 6.08 Å². The smallest absolute Gasteiger partial charge is 0.330 e. The molecule has 0 fully saturated rings. The third kappa shape index (κ3) is 18.3. The molecule has 0 bridgehead atoms. The summed E-state index contributed by atoms with van der Waals surface area (Å²) in [6, 6.07) is 0. The molecule has 0 aliphatic heterocycles. The van der Waals surface area contributed by atoms with Gasteiger partial charge in [-0.2, -0.15) is 0 Å². The third-order valence-corrected chi connectivity index (χ3v) is 1.07. The summed E-state index contributed by atoms with van der Waals surface area (Å²) in [5, 5.41) is 0. The Morgan fingerprint density at radius 1 is 1.31 bits per heavy atom. The van der Waals surface area contributed by atoms with Crippen LogP contribution in [-0.2, 0) is 9.53 Å². The lowest BCUT2D eigenvalue weighted by Gasteiger charge is -2.17. The molecule has 2 nitrogen and oxygen atoms in total. The molecule has 0 N–H and O–H groups in total. The first-order valence-electron chi connectivity index (χ1n) is 4.72. The van der Waals surface area contributed by atoms with Crippen molar-refractivity contribution in [1.29, 1.82) is 0 Å². The second-order valence-corrected chi connectivity index (χ2v) is 3.74. The zero-order valence-corrected chi connectivity index (χ0v) is 9.52. The SMILES string of the molecule is C=CC(=O)OC(C)(C)C.CCCC. The van der Waals surface area contributed by atoms with E-state index in [4.69, 9.17) is 4.74 Å². The van der Waals surface area contributed by atoms with Crippen molar-refractivity contribution in [3.05, 3.63) is 12.7 Å². The number of ether oxygens (including phenoxy) is 1. The molecule has 13 heavy (non-hydrogen) atoms. The maximum absolute atomic E-state index is 10.5. The Balaban J connectivity index is 0. The van der Waals surface area contributed by atoms with Crippen molar-refractivity contribution in [2.24, 2.45) is 0 Å². The normalized spacial score (nSPS) is 9.62. The first kappa shape index (κ1) is 14.7. The molecule has 0 saturated heterocycles. The van der Waals surface area contributed by atoms with Gasteiger partial charge in [-0.3, -0.25) is 0 Å². The fraction of sp³-hybridized carbons (Fsp3) is 0.727. The van der Waals surface area contributed by atoms with Crippen LogP contribution in [0.1, 0.15) is 47.5 Å². The highest BCUT2D eigenvalue weighted by Gasteiger charge is 2.12. The van der Waals surface area contributed by atoms with Gasteiger partial charge >= 0.3 is 5.97 Å². The monoisotopic (exact) mass is 186 g/mol. The third-order valence-electron chi connectivity index (χ3n) is 1.07. The van der Waals surface area contributed by atoms with Gasteiger partial charge in [0.1, 0.15) is 5.60 Å². The van der Waals surface area contributed by atoms with Crippen molar-refractivity contribution in [3.8, 4) is 0 Å². The van der Waals surface area contributed by atoms with E-state index in [0.717, 1.165) is 6.08 Å². The summed E-state index contributed by atoms with van der Waals surface area (Å²) in [6.07, 6.45) is 3.80. The molecule has 0 radical (unpaired) electrons. The van der Waals surface area contributed by atoms with Crippen molar-refractivity contribution in [2.45, 2.75) is 53.1 Å². The molecule has 0 heterocycles. The maximum Gasteiger partial charge on any atom is 0.330 e. The van der Waals surface area contributed by atoms with Crippen LogP contribution in [0.25, 0.3) is 0 Å². The van der Waals surface area contributed by atoms with Crippen LogP contribution in [0.4, 0.5) is 0 Å². The molecule has 0 rings (SSSR count). The van der Waals surface area contributed by atoms with E-state index in [1.54, 1.807) is 0 Å². The number of hydrogen-bond donors (Lipinski definition) is 0. The van der Waals surface area contributed by atoms with Gasteiger partial charge in [0.2, 0.25) is 0 Å². The molecular formula is C11H22O2. The topological polar surface area (TPSA) is 26.3 Å². The molecular weight excluding hydrogens is 164 g/mol. The van der Waals surface area contributed by atoms with E-state index in [9.17, 15) is 4.79 Å². The lowest BCUT2D eigenvalue weighted by Crippen LogP contribution is -2.22. The number of esters is 1. The van der Waals surface area contributed by atoms with Crippen molar-refractivity contribution in [3.63, 3.8) is 0 Å². The van der Waals surface area contributed by atoms with Crippen LogP contribution in [0.5, 0.6) is 0 Å². The van der Waals surface area contributed by atoms with Crippen molar-refractivity contribution in [2.75, 3.05) is 0 Å². The lowest BCUT2D eigenvalue weighted by atomic mass is 10.2. The van der Waals surface area contributed by atoms with Crippen molar-refractivity contribution in [1.82, 2.24) is 0 Å². The standard InChI is InChI=1S/C7H12O2.C4H10/c1-5-6(8)9-7(2,3)4;1-3-4-2/h5H,1H2,2-4H3;3-4H2,1-2H3. The molecule has 0 aromatic heterocycles. The van der Waals surface area contributed by atoms with Crippen LogP contribution >= 0.6 is 0 Å². The summed E-state index contributed by atoms with van der Waals surface area (Å²) in [6.45, 7) is 13.1. The Morgan fingerprint density at radius 2 is 1.69 bits per heavy atom. The van der Waals surface area contributed by atoms with Gasteiger partial charge in [-0.1, -0.05) is 33.3 Å². The fourth-order valence-electron chi connectivity index (χ4n) is 0.343. The molecule has 0 amide bonds. The summed E-state index contributed by atoms with van der Waals surface area (Å²) in [7, 11) is 0. The summed E-state index contributed by atoms with van der Waals surface area (Å²) < 4.78 is 4.83. The minimum atomic E-state index is -0.398. The van der Waals surface area contributed by atoms with Gasteiger partial charge in [0.25, 0.3) is 0 Å². The molecule has 0 saturated carbocycles. The van der Waals surface area contributed by atoms with Gasteiger partial charge < -0.3 is 4.74 Å². The molecule has 78 valence electrons. The largest absolute Gasteiger partial charge is 0.457 e. The van der Waals surface area contributed by atoms with E-state index in [0.29, 0.717) is 0 Å². The maximum atomic E-state index is 10.5. The molecule has 0 spiro atoms. The van der Waals surface area contributed by atoms with Gasteiger partial charge in [0.05, 0.1) is 0 Å². The average molecular weight is 186 g/mol. The molecule has 0 aromatic rings. The first-order valence-corrected chi connectivity index (χ1v) is 4.72. The van der Waals surface area contributed by atoms with E-state index in [1.165, 1.54) is 12.8 Å². The molecule has 0 atom stereocenters.